The molecular formula is C15H20O5. The number of esters is 1. The molecule has 2 rings (SSSR count). The van der Waals surface area contributed by atoms with E-state index in [0.717, 1.165) is 0 Å². The zero-order chi connectivity index (χ0) is 14.8. The van der Waals surface area contributed by atoms with E-state index in [-0.39, 0.29) is 6.61 Å². The van der Waals surface area contributed by atoms with Crippen LogP contribution in [0.15, 0.2) is 24.3 Å². The Labute approximate surface area is 118 Å². The maximum Gasteiger partial charge on any atom is 0.346 e. The zero-order valence-corrected chi connectivity index (χ0v) is 12.0. The third-order valence-electron chi connectivity index (χ3n) is 3.73. The molecule has 1 aromatic rings. The molecule has 0 amide bonds. The lowest BCUT2D eigenvalue weighted by atomic mass is 9.78. The van der Waals surface area contributed by atoms with Gasteiger partial charge in [-0.1, -0.05) is 12.1 Å². The average molecular weight is 280 g/mol. The van der Waals surface area contributed by atoms with E-state index in [9.17, 15) is 9.90 Å². The predicted molar refractivity (Wildman–Crippen MR) is 72.5 cm³/mol. The van der Waals surface area contributed by atoms with Crippen LogP contribution in [0.3, 0.4) is 0 Å². The summed E-state index contributed by atoms with van der Waals surface area (Å²) in [5, 5.41) is 10.6. The smallest absolute Gasteiger partial charge is 0.346 e. The average Bonchev–Trinajstić information content (AvgIpc) is 2.75. The highest BCUT2D eigenvalue weighted by Crippen LogP contribution is 2.45. The van der Waals surface area contributed by atoms with Crippen LogP contribution in [-0.4, -0.2) is 37.0 Å². The first-order valence-electron chi connectivity index (χ1n) is 6.66. The lowest BCUT2D eigenvalue weighted by Crippen LogP contribution is -2.53. The Balaban J connectivity index is 2.48. The predicted octanol–water partition coefficient (Wildman–Crippen LogP) is 1.62. The van der Waals surface area contributed by atoms with E-state index < -0.39 is 17.2 Å². The first-order chi connectivity index (χ1) is 9.48. The molecule has 5 heteroatoms. The zero-order valence-electron chi connectivity index (χ0n) is 12.0. The Hall–Kier alpha value is -1.59. The number of ether oxygens (including phenoxy) is 3. The third kappa shape index (κ3) is 2.17. The van der Waals surface area contributed by atoms with E-state index in [2.05, 4.69) is 0 Å². The first-order valence-corrected chi connectivity index (χ1v) is 6.66. The second-order valence-electron chi connectivity index (χ2n) is 5.00. The number of methoxy groups -OCH3 is 1. The second kappa shape index (κ2) is 5.42. The van der Waals surface area contributed by atoms with Gasteiger partial charge in [0.15, 0.2) is 0 Å². The number of hydrogen-bond acceptors (Lipinski definition) is 5. The molecule has 0 bridgehead atoms. The van der Waals surface area contributed by atoms with E-state index in [1.807, 2.05) is 0 Å². The molecule has 20 heavy (non-hydrogen) atoms. The molecule has 0 spiro atoms. The van der Waals surface area contributed by atoms with E-state index >= 15 is 0 Å². The van der Waals surface area contributed by atoms with Crippen molar-refractivity contribution < 1.29 is 24.1 Å². The Bertz CT molecular complexity index is 480. The van der Waals surface area contributed by atoms with Gasteiger partial charge in [-0.15, -0.1) is 0 Å². The van der Waals surface area contributed by atoms with Gasteiger partial charge in [0.1, 0.15) is 11.4 Å². The van der Waals surface area contributed by atoms with Gasteiger partial charge in [0.2, 0.25) is 5.60 Å². The standard InChI is InChI=1S/C15H20O5/c1-4-19-13(16)15(14(2,17)9-10-20-15)11-5-7-12(18-3)8-6-11/h5-8,17H,4,9-10H2,1-3H3/t14-,15-/m1/s1. The summed E-state index contributed by atoms with van der Waals surface area (Å²) in [5.74, 6) is 0.109. The number of carbonyl (C=O) groups excluding carboxylic acids is 1. The van der Waals surface area contributed by atoms with Crippen molar-refractivity contribution in [2.45, 2.75) is 31.5 Å². The number of hydrogen-bond donors (Lipinski definition) is 1. The van der Waals surface area contributed by atoms with Gasteiger partial charge in [-0.3, -0.25) is 0 Å². The molecule has 0 radical (unpaired) electrons. The highest BCUT2D eigenvalue weighted by atomic mass is 16.6. The molecule has 1 aromatic carbocycles. The number of carbonyl (C=O) groups is 1. The fraction of sp³-hybridized carbons (Fsp3) is 0.533. The summed E-state index contributed by atoms with van der Waals surface area (Å²) in [4.78, 5) is 12.4. The molecule has 1 saturated heterocycles. The van der Waals surface area contributed by atoms with Crippen LogP contribution in [0, 0.1) is 0 Å². The van der Waals surface area contributed by atoms with Crippen molar-refractivity contribution in [3.05, 3.63) is 29.8 Å². The summed E-state index contributed by atoms with van der Waals surface area (Å²) in [6, 6.07) is 6.90. The minimum absolute atomic E-state index is 0.232. The minimum atomic E-state index is -1.48. The van der Waals surface area contributed by atoms with Gasteiger partial charge in [0, 0.05) is 6.42 Å². The van der Waals surface area contributed by atoms with Gasteiger partial charge in [0.25, 0.3) is 0 Å². The topological polar surface area (TPSA) is 65.0 Å². The van der Waals surface area contributed by atoms with Crippen LogP contribution < -0.4 is 4.74 Å². The summed E-state index contributed by atoms with van der Waals surface area (Å²) < 4.78 is 15.9. The van der Waals surface area contributed by atoms with Crippen LogP contribution >= 0.6 is 0 Å². The van der Waals surface area contributed by atoms with Crippen LogP contribution in [0.4, 0.5) is 0 Å². The van der Waals surface area contributed by atoms with Crippen LogP contribution in [0.1, 0.15) is 25.8 Å². The summed E-state index contributed by atoms with van der Waals surface area (Å²) >= 11 is 0. The fourth-order valence-electron chi connectivity index (χ4n) is 2.58. The second-order valence-corrected chi connectivity index (χ2v) is 5.00. The van der Waals surface area contributed by atoms with Crippen LogP contribution in [0.5, 0.6) is 5.75 Å². The van der Waals surface area contributed by atoms with Gasteiger partial charge in [-0.2, -0.15) is 0 Å². The van der Waals surface area contributed by atoms with Crippen LogP contribution in [0.25, 0.3) is 0 Å². The Morgan fingerprint density at radius 1 is 1.40 bits per heavy atom. The lowest BCUT2D eigenvalue weighted by molar-refractivity contribution is -0.188. The molecule has 110 valence electrons. The highest BCUT2D eigenvalue weighted by molar-refractivity contribution is 5.83. The molecule has 0 aromatic heterocycles. The monoisotopic (exact) mass is 280 g/mol. The maximum absolute atomic E-state index is 12.4. The van der Waals surface area contributed by atoms with Gasteiger partial charge in [-0.05, 0) is 31.5 Å². The Kier molecular flexibility index (Phi) is 4.01. The number of benzene rings is 1. The maximum atomic E-state index is 12.4. The van der Waals surface area contributed by atoms with Gasteiger partial charge in [-0.25, -0.2) is 4.79 Å². The van der Waals surface area contributed by atoms with Crippen molar-refractivity contribution in [3.63, 3.8) is 0 Å². The lowest BCUT2D eigenvalue weighted by Gasteiger charge is -2.36. The first kappa shape index (κ1) is 14.8. The van der Waals surface area contributed by atoms with Crippen molar-refractivity contribution in [1.82, 2.24) is 0 Å². The number of aliphatic hydroxyl groups is 1. The molecular weight excluding hydrogens is 260 g/mol. The highest BCUT2D eigenvalue weighted by Gasteiger charge is 2.60. The normalized spacial score (nSPS) is 29.2. The van der Waals surface area contributed by atoms with Crippen LogP contribution in [0.2, 0.25) is 0 Å². The molecule has 2 atom stereocenters. The third-order valence-corrected chi connectivity index (χ3v) is 3.73. The summed E-state index contributed by atoms with van der Waals surface area (Å²) in [5.41, 5.74) is -2.22. The molecule has 1 fully saturated rings. The van der Waals surface area contributed by atoms with Crippen molar-refractivity contribution in [2.24, 2.45) is 0 Å². The quantitative estimate of drug-likeness (QED) is 0.849. The molecule has 0 unspecified atom stereocenters. The fourth-order valence-corrected chi connectivity index (χ4v) is 2.58. The van der Waals surface area contributed by atoms with Gasteiger partial charge < -0.3 is 19.3 Å². The van der Waals surface area contributed by atoms with Crippen LogP contribution in [-0.2, 0) is 19.9 Å². The van der Waals surface area contributed by atoms with E-state index in [1.54, 1.807) is 45.2 Å². The van der Waals surface area contributed by atoms with Crippen molar-refractivity contribution in [1.29, 1.82) is 0 Å². The van der Waals surface area contributed by atoms with Gasteiger partial charge >= 0.3 is 5.97 Å². The molecule has 1 aliphatic rings. The number of rotatable bonds is 4. The van der Waals surface area contributed by atoms with Crippen molar-refractivity contribution in [2.75, 3.05) is 20.3 Å². The van der Waals surface area contributed by atoms with E-state index in [1.165, 1.54) is 0 Å². The summed E-state index contributed by atoms with van der Waals surface area (Å²) in [6.07, 6.45) is 0.373. The van der Waals surface area contributed by atoms with E-state index in [4.69, 9.17) is 14.2 Å². The molecule has 1 heterocycles. The molecule has 1 N–H and O–H groups in total. The molecule has 0 aliphatic carbocycles. The molecule has 1 aliphatic heterocycles. The Morgan fingerprint density at radius 2 is 2.05 bits per heavy atom. The van der Waals surface area contributed by atoms with Crippen molar-refractivity contribution in [3.8, 4) is 5.75 Å². The van der Waals surface area contributed by atoms with Gasteiger partial charge in [0.05, 0.1) is 20.3 Å². The molecule has 0 saturated carbocycles. The minimum Gasteiger partial charge on any atom is -0.497 e. The molecule has 5 nitrogen and oxygen atoms in total. The summed E-state index contributed by atoms with van der Waals surface area (Å²) in [6.45, 7) is 3.86. The SMILES string of the molecule is CCOC(=O)[C@@]1(c2ccc(OC)cc2)OCC[C@@]1(C)O. The van der Waals surface area contributed by atoms with E-state index in [0.29, 0.717) is 24.3 Å². The largest absolute Gasteiger partial charge is 0.497 e. The Morgan fingerprint density at radius 3 is 2.50 bits per heavy atom. The van der Waals surface area contributed by atoms with Crippen molar-refractivity contribution >= 4 is 5.97 Å². The summed E-state index contributed by atoms with van der Waals surface area (Å²) in [7, 11) is 1.57.